The zero-order valence-electron chi connectivity index (χ0n) is 25.3. The van der Waals surface area contributed by atoms with Crippen LogP contribution in [0.3, 0.4) is 0 Å². The summed E-state index contributed by atoms with van der Waals surface area (Å²) in [5, 5.41) is 17.5. The molecule has 4 heteroatoms. The molecule has 0 unspecified atom stereocenters. The third kappa shape index (κ3) is 3.51. The zero-order chi connectivity index (χ0) is 31.1. The summed E-state index contributed by atoms with van der Waals surface area (Å²) in [6.07, 6.45) is 0. The van der Waals surface area contributed by atoms with Gasteiger partial charge in [0, 0.05) is 49.4 Å². The monoisotopic (exact) mass is 598 g/mol. The highest BCUT2D eigenvalue weighted by atomic mass is 15.0. The summed E-state index contributed by atoms with van der Waals surface area (Å²) >= 11 is 0. The van der Waals surface area contributed by atoms with Crippen molar-refractivity contribution >= 4 is 65.4 Å². The maximum atomic E-state index is 10.7. The van der Waals surface area contributed by atoms with E-state index in [4.69, 9.17) is 0 Å². The van der Waals surface area contributed by atoms with E-state index >= 15 is 0 Å². The van der Waals surface area contributed by atoms with Crippen molar-refractivity contribution in [1.82, 2.24) is 13.7 Å². The molecule has 47 heavy (non-hydrogen) atoms. The number of nitriles is 1. The zero-order valence-corrected chi connectivity index (χ0v) is 25.3. The van der Waals surface area contributed by atoms with Crippen LogP contribution in [0.5, 0.6) is 0 Å². The van der Waals surface area contributed by atoms with E-state index in [0.717, 1.165) is 60.9 Å². The maximum Gasteiger partial charge on any atom is 0.0999 e. The van der Waals surface area contributed by atoms with Gasteiger partial charge in [-0.15, -0.1) is 0 Å². The fourth-order valence-electron chi connectivity index (χ4n) is 7.79. The molecule has 10 rings (SSSR count). The summed E-state index contributed by atoms with van der Waals surface area (Å²) in [4.78, 5) is 0. The quantitative estimate of drug-likeness (QED) is 0.199. The van der Waals surface area contributed by atoms with Crippen LogP contribution < -0.4 is 0 Å². The Hall–Kier alpha value is -6.57. The molecule has 0 spiro atoms. The van der Waals surface area contributed by atoms with E-state index in [1.807, 2.05) is 6.07 Å². The van der Waals surface area contributed by atoms with Gasteiger partial charge in [0.25, 0.3) is 0 Å². The second kappa shape index (κ2) is 9.71. The Morgan fingerprint density at radius 3 is 1.49 bits per heavy atom. The summed E-state index contributed by atoms with van der Waals surface area (Å²) in [5.41, 5.74) is 10.5. The molecule has 0 aliphatic rings. The highest BCUT2D eigenvalue weighted by molar-refractivity contribution is 6.26. The maximum absolute atomic E-state index is 10.7. The van der Waals surface area contributed by atoms with Gasteiger partial charge in [-0.25, -0.2) is 0 Å². The minimum absolute atomic E-state index is 0.660. The van der Waals surface area contributed by atoms with Crippen molar-refractivity contribution in [3.63, 3.8) is 0 Å². The first kappa shape index (κ1) is 25.7. The molecule has 4 nitrogen and oxygen atoms in total. The third-order valence-electron chi connectivity index (χ3n) is 9.63. The first-order chi connectivity index (χ1) is 23.3. The molecule has 7 aromatic carbocycles. The highest BCUT2D eigenvalue weighted by Gasteiger charge is 2.23. The largest absolute Gasteiger partial charge is 0.309 e. The fourth-order valence-corrected chi connectivity index (χ4v) is 7.79. The van der Waals surface area contributed by atoms with Crippen molar-refractivity contribution in [3.8, 4) is 23.1 Å². The lowest BCUT2D eigenvalue weighted by atomic mass is 10.1. The second-order valence-electron chi connectivity index (χ2n) is 12.1. The summed E-state index contributed by atoms with van der Waals surface area (Å²) < 4.78 is 7.03. The van der Waals surface area contributed by atoms with Gasteiger partial charge in [-0.1, -0.05) is 97.1 Å². The normalized spacial score (nSPS) is 11.8. The minimum Gasteiger partial charge on any atom is -0.309 e. The van der Waals surface area contributed by atoms with Crippen LogP contribution in [0.15, 0.2) is 158 Å². The van der Waals surface area contributed by atoms with Gasteiger partial charge in [0.15, 0.2) is 0 Å². The minimum atomic E-state index is 0.660. The molecule has 0 saturated carbocycles. The first-order valence-electron chi connectivity index (χ1n) is 15.9. The average Bonchev–Trinajstić information content (AvgIpc) is 3.77. The summed E-state index contributed by atoms with van der Waals surface area (Å²) in [6, 6.07) is 58.2. The number of hydrogen-bond acceptors (Lipinski definition) is 1. The Morgan fingerprint density at radius 1 is 0.362 bits per heavy atom. The van der Waals surface area contributed by atoms with Crippen molar-refractivity contribution in [3.05, 3.63) is 163 Å². The van der Waals surface area contributed by atoms with E-state index < -0.39 is 0 Å². The summed E-state index contributed by atoms with van der Waals surface area (Å²) in [5.74, 6) is 0. The van der Waals surface area contributed by atoms with Crippen molar-refractivity contribution in [1.29, 1.82) is 5.26 Å². The Morgan fingerprint density at radius 2 is 0.872 bits per heavy atom. The van der Waals surface area contributed by atoms with Crippen LogP contribution in [0.4, 0.5) is 0 Å². The number of nitrogens with zero attached hydrogens (tertiary/aromatic N) is 4. The van der Waals surface area contributed by atoms with Crippen LogP contribution in [-0.4, -0.2) is 13.7 Å². The molecular weight excluding hydrogens is 573 g/mol. The van der Waals surface area contributed by atoms with Crippen LogP contribution in [0.25, 0.3) is 82.5 Å². The molecule has 0 aliphatic carbocycles. The lowest BCUT2D eigenvalue weighted by molar-refractivity contribution is 1.15. The number of aromatic nitrogens is 3. The summed E-state index contributed by atoms with van der Waals surface area (Å²) in [7, 11) is 0. The Kier molecular flexibility index (Phi) is 5.32. The number of benzene rings is 7. The Bertz CT molecular complexity index is 2900. The van der Waals surface area contributed by atoms with Gasteiger partial charge in [0.2, 0.25) is 0 Å². The topological polar surface area (TPSA) is 38.6 Å². The Labute approximate surface area is 270 Å². The predicted octanol–water partition coefficient (Wildman–Crippen LogP) is 10.8. The third-order valence-corrected chi connectivity index (χ3v) is 9.63. The molecule has 0 aliphatic heterocycles. The van der Waals surface area contributed by atoms with Gasteiger partial charge in [0.1, 0.15) is 0 Å². The first-order valence-corrected chi connectivity index (χ1v) is 15.9. The van der Waals surface area contributed by atoms with Crippen LogP contribution in [0.2, 0.25) is 0 Å². The van der Waals surface area contributed by atoms with E-state index in [1.165, 1.54) is 21.5 Å². The lowest BCUT2D eigenvalue weighted by Crippen LogP contribution is -1.98. The van der Waals surface area contributed by atoms with E-state index in [0.29, 0.717) is 5.56 Å². The number of rotatable bonds is 3. The highest BCUT2D eigenvalue weighted by Crippen LogP contribution is 2.43. The lowest BCUT2D eigenvalue weighted by Gasteiger charge is -2.13. The van der Waals surface area contributed by atoms with Gasteiger partial charge < -0.3 is 13.7 Å². The smallest absolute Gasteiger partial charge is 0.0999 e. The molecule has 0 amide bonds. The molecule has 0 N–H and O–H groups in total. The van der Waals surface area contributed by atoms with Gasteiger partial charge in [0.05, 0.1) is 44.7 Å². The van der Waals surface area contributed by atoms with E-state index in [1.54, 1.807) is 0 Å². The van der Waals surface area contributed by atoms with Crippen molar-refractivity contribution in [2.75, 3.05) is 0 Å². The van der Waals surface area contributed by atoms with Gasteiger partial charge in [-0.3, -0.25) is 0 Å². The van der Waals surface area contributed by atoms with Crippen molar-refractivity contribution in [2.45, 2.75) is 0 Å². The van der Waals surface area contributed by atoms with Crippen molar-refractivity contribution < 1.29 is 0 Å². The van der Waals surface area contributed by atoms with E-state index in [-0.39, 0.29) is 0 Å². The van der Waals surface area contributed by atoms with Crippen LogP contribution in [0.1, 0.15) is 5.56 Å². The van der Waals surface area contributed by atoms with Gasteiger partial charge in [-0.05, 0) is 60.7 Å². The molecule has 3 heterocycles. The van der Waals surface area contributed by atoms with Crippen LogP contribution >= 0.6 is 0 Å². The standard InChI is InChI=1S/C43H26N4/c44-27-28-25-31(26-40-41(28)34-18-8-11-21-37(34)46(40)30-15-5-2-6-16-30)47-36-20-10-7-17-32(36)33-23-24-39-42(43(33)47)35-19-9-12-22-38(35)45(39)29-13-3-1-4-14-29/h1-26H. The van der Waals surface area contributed by atoms with Gasteiger partial charge >= 0.3 is 0 Å². The summed E-state index contributed by atoms with van der Waals surface area (Å²) in [6.45, 7) is 0. The molecule has 0 bridgehead atoms. The molecule has 3 aromatic heterocycles. The number of hydrogen-bond donors (Lipinski definition) is 0. The SMILES string of the molecule is N#Cc1cc(-n2c3ccccc3c3ccc4c(c5ccccc5n4-c4ccccc4)c32)cc2c1c1ccccc1n2-c1ccccc1. The molecule has 0 atom stereocenters. The Balaban J connectivity index is 1.41. The predicted molar refractivity (Wildman–Crippen MR) is 194 cm³/mol. The second-order valence-corrected chi connectivity index (χ2v) is 12.1. The molecule has 0 radical (unpaired) electrons. The van der Waals surface area contributed by atoms with Crippen molar-refractivity contribution in [2.24, 2.45) is 0 Å². The average molecular weight is 599 g/mol. The number of para-hydroxylation sites is 5. The van der Waals surface area contributed by atoms with Crippen LogP contribution in [-0.2, 0) is 0 Å². The van der Waals surface area contributed by atoms with Gasteiger partial charge in [-0.2, -0.15) is 5.26 Å². The van der Waals surface area contributed by atoms with Crippen LogP contribution in [0, 0.1) is 11.3 Å². The molecule has 0 fully saturated rings. The molecule has 10 aromatic rings. The molecule has 218 valence electrons. The van der Waals surface area contributed by atoms with E-state index in [9.17, 15) is 5.26 Å². The fraction of sp³-hybridized carbons (Fsp3) is 0. The molecular formula is C43H26N4. The van der Waals surface area contributed by atoms with E-state index in [2.05, 4.69) is 171 Å². The number of fused-ring (bicyclic) bond motifs is 10. The molecule has 0 saturated heterocycles.